The van der Waals surface area contributed by atoms with Gasteiger partial charge in [0.05, 0.1) is 5.71 Å². The van der Waals surface area contributed by atoms with Crippen molar-refractivity contribution in [1.29, 1.82) is 0 Å². The minimum Gasteiger partial charge on any atom is -0.490 e. The van der Waals surface area contributed by atoms with E-state index in [2.05, 4.69) is 24.2 Å². The number of benzene rings is 2. The standard InChI is InChI=1S/C21H23NO4/c1-15-3-5-17(6-4-15)13-25-22-16(2)18-7-9-19(10-8-18)24-14-20-11-12-21(23)26-20/h3-10,20H,11-14H2,1-2H3/b22-16+. The summed E-state index contributed by atoms with van der Waals surface area (Å²) >= 11 is 0. The molecule has 0 saturated carbocycles. The van der Waals surface area contributed by atoms with E-state index >= 15 is 0 Å². The van der Waals surface area contributed by atoms with Gasteiger partial charge in [0.25, 0.3) is 0 Å². The molecule has 1 fully saturated rings. The van der Waals surface area contributed by atoms with E-state index < -0.39 is 0 Å². The fraction of sp³-hybridized carbons (Fsp3) is 0.333. The highest BCUT2D eigenvalue weighted by Crippen LogP contribution is 2.18. The molecule has 0 spiro atoms. The molecule has 1 aliphatic heterocycles. The lowest BCUT2D eigenvalue weighted by Gasteiger charge is -2.11. The second kappa shape index (κ2) is 8.52. The van der Waals surface area contributed by atoms with Gasteiger partial charge in [-0.25, -0.2) is 0 Å². The second-order valence-corrected chi connectivity index (χ2v) is 6.42. The van der Waals surface area contributed by atoms with Gasteiger partial charge in [-0.15, -0.1) is 0 Å². The van der Waals surface area contributed by atoms with Crippen LogP contribution in [0, 0.1) is 6.92 Å². The Morgan fingerprint density at radius 1 is 1.15 bits per heavy atom. The van der Waals surface area contributed by atoms with Gasteiger partial charge in [-0.3, -0.25) is 4.79 Å². The molecule has 0 N–H and O–H groups in total. The molecule has 26 heavy (non-hydrogen) atoms. The van der Waals surface area contributed by atoms with Gasteiger partial charge in [-0.05, 0) is 55.7 Å². The summed E-state index contributed by atoms with van der Waals surface area (Å²) in [5, 5.41) is 4.18. The third kappa shape index (κ3) is 5.09. The number of oxime groups is 1. The van der Waals surface area contributed by atoms with Gasteiger partial charge >= 0.3 is 5.97 Å². The van der Waals surface area contributed by atoms with Crippen LogP contribution in [0.15, 0.2) is 53.7 Å². The van der Waals surface area contributed by atoms with E-state index in [0.717, 1.165) is 29.0 Å². The number of carbonyl (C=O) groups excluding carboxylic acids is 1. The highest BCUT2D eigenvalue weighted by atomic mass is 16.6. The van der Waals surface area contributed by atoms with E-state index in [1.54, 1.807) is 0 Å². The molecule has 0 amide bonds. The quantitative estimate of drug-likeness (QED) is 0.429. The number of rotatable bonds is 7. The summed E-state index contributed by atoms with van der Waals surface area (Å²) in [6.07, 6.45) is 1.06. The molecule has 2 aromatic carbocycles. The van der Waals surface area contributed by atoms with Crippen LogP contribution < -0.4 is 4.74 Å². The zero-order chi connectivity index (χ0) is 18.4. The highest BCUT2D eigenvalue weighted by Gasteiger charge is 2.23. The molecule has 5 heteroatoms. The lowest BCUT2D eigenvalue weighted by Crippen LogP contribution is -2.17. The molecule has 1 aliphatic rings. The summed E-state index contributed by atoms with van der Waals surface area (Å²) in [6, 6.07) is 15.8. The first kappa shape index (κ1) is 18.0. The molecule has 5 nitrogen and oxygen atoms in total. The molecule has 0 aromatic heterocycles. The van der Waals surface area contributed by atoms with Gasteiger partial charge < -0.3 is 14.3 Å². The second-order valence-electron chi connectivity index (χ2n) is 6.42. The van der Waals surface area contributed by atoms with Crippen LogP contribution in [0.2, 0.25) is 0 Å². The van der Waals surface area contributed by atoms with Crippen molar-refractivity contribution in [2.75, 3.05) is 6.61 Å². The monoisotopic (exact) mass is 353 g/mol. The van der Waals surface area contributed by atoms with E-state index in [4.69, 9.17) is 14.3 Å². The Balaban J connectivity index is 1.48. The van der Waals surface area contributed by atoms with Crippen LogP contribution in [0.5, 0.6) is 5.75 Å². The van der Waals surface area contributed by atoms with Crippen LogP contribution in [0.3, 0.4) is 0 Å². The van der Waals surface area contributed by atoms with E-state index in [9.17, 15) is 4.79 Å². The van der Waals surface area contributed by atoms with Gasteiger partial charge in [0.15, 0.2) is 0 Å². The maximum Gasteiger partial charge on any atom is 0.306 e. The summed E-state index contributed by atoms with van der Waals surface area (Å²) in [7, 11) is 0. The normalized spacial score (nSPS) is 17.1. The summed E-state index contributed by atoms with van der Waals surface area (Å²) in [5.74, 6) is 0.594. The number of hydrogen-bond donors (Lipinski definition) is 0. The lowest BCUT2D eigenvalue weighted by atomic mass is 10.1. The SMILES string of the molecule is C/C(=N\OCc1ccc(C)cc1)c1ccc(OCC2CCC(=O)O2)cc1. The van der Waals surface area contributed by atoms with Crippen molar-refractivity contribution < 1.29 is 19.1 Å². The predicted octanol–water partition coefficient (Wildman–Crippen LogP) is 4.02. The molecule has 0 radical (unpaired) electrons. The minimum absolute atomic E-state index is 0.138. The summed E-state index contributed by atoms with van der Waals surface area (Å²) in [5.41, 5.74) is 4.08. The molecule has 0 bridgehead atoms. The third-order valence-corrected chi connectivity index (χ3v) is 4.23. The molecular weight excluding hydrogens is 330 g/mol. The van der Waals surface area contributed by atoms with Crippen LogP contribution >= 0.6 is 0 Å². The van der Waals surface area contributed by atoms with Crippen LogP contribution in [0.1, 0.15) is 36.5 Å². The van der Waals surface area contributed by atoms with Crippen molar-refractivity contribution >= 4 is 11.7 Å². The number of ether oxygens (including phenoxy) is 2. The largest absolute Gasteiger partial charge is 0.490 e. The van der Waals surface area contributed by atoms with Crippen molar-refractivity contribution in [2.45, 2.75) is 39.4 Å². The molecule has 1 atom stereocenters. The molecule has 136 valence electrons. The smallest absolute Gasteiger partial charge is 0.306 e. The number of nitrogens with zero attached hydrogens (tertiary/aromatic N) is 1. The first-order valence-electron chi connectivity index (χ1n) is 8.75. The maximum absolute atomic E-state index is 11.1. The van der Waals surface area contributed by atoms with Crippen LogP contribution in [-0.2, 0) is 21.0 Å². The van der Waals surface area contributed by atoms with Gasteiger partial charge in [0.2, 0.25) is 0 Å². The lowest BCUT2D eigenvalue weighted by molar-refractivity contribution is -0.142. The molecule has 1 unspecified atom stereocenters. The Morgan fingerprint density at radius 3 is 2.54 bits per heavy atom. The summed E-state index contributed by atoms with van der Waals surface area (Å²) in [6.45, 7) is 4.79. The van der Waals surface area contributed by atoms with E-state index in [-0.39, 0.29) is 12.1 Å². The Morgan fingerprint density at radius 2 is 1.88 bits per heavy atom. The molecular formula is C21H23NO4. The van der Waals surface area contributed by atoms with E-state index in [1.807, 2.05) is 43.3 Å². The van der Waals surface area contributed by atoms with Gasteiger partial charge in [-0.2, -0.15) is 0 Å². The van der Waals surface area contributed by atoms with E-state index in [1.165, 1.54) is 5.56 Å². The first-order valence-corrected chi connectivity index (χ1v) is 8.75. The van der Waals surface area contributed by atoms with Gasteiger partial charge in [0.1, 0.15) is 25.1 Å². The average Bonchev–Trinajstić information content (AvgIpc) is 3.07. The number of aryl methyl sites for hydroxylation is 1. The summed E-state index contributed by atoms with van der Waals surface area (Å²) in [4.78, 5) is 16.5. The van der Waals surface area contributed by atoms with Crippen LogP contribution in [-0.4, -0.2) is 24.4 Å². The maximum atomic E-state index is 11.1. The molecule has 1 heterocycles. The Hall–Kier alpha value is -2.82. The topological polar surface area (TPSA) is 57.1 Å². The number of cyclic esters (lactones) is 1. The van der Waals surface area contributed by atoms with Crippen molar-refractivity contribution in [3.63, 3.8) is 0 Å². The molecule has 2 aromatic rings. The fourth-order valence-corrected chi connectivity index (χ4v) is 2.62. The Kier molecular flexibility index (Phi) is 5.89. The average molecular weight is 353 g/mol. The zero-order valence-corrected chi connectivity index (χ0v) is 15.1. The minimum atomic E-state index is -0.147. The number of carbonyl (C=O) groups is 1. The van der Waals surface area contributed by atoms with Crippen molar-refractivity contribution in [1.82, 2.24) is 0 Å². The Labute approximate surface area is 153 Å². The third-order valence-electron chi connectivity index (χ3n) is 4.23. The first-order chi connectivity index (χ1) is 12.6. The molecule has 3 rings (SSSR count). The fourth-order valence-electron chi connectivity index (χ4n) is 2.62. The van der Waals surface area contributed by atoms with Crippen molar-refractivity contribution in [2.24, 2.45) is 5.16 Å². The van der Waals surface area contributed by atoms with Crippen LogP contribution in [0.4, 0.5) is 0 Å². The van der Waals surface area contributed by atoms with Gasteiger partial charge in [0, 0.05) is 6.42 Å². The molecule has 0 aliphatic carbocycles. The highest BCUT2D eigenvalue weighted by molar-refractivity contribution is 5.98. The predicted molar refractivity (Wildman–Crippen MR) is 99.2 cm³/mol. The van der Waals surface area contributed by atoms with E-state index in [0.29, 0.717) is 19.6 Å². The van der Waals surface area contributed by atoms with Crippen molar-refractivity contribution in [3.05, 3.63) is 65.2 Å². The summed E-state index contributed by atoms with van der Waals surface area (Å²) < 4.78 is 10.8. The molecule has 1 saturated heterocycles. The zero-order valence-electron chi connectivity index (χ0n) is 15.1. The number of esters is 1. The van der Waals surface area contributed by atoms with Crippen LogP contribution in [0.25, 0.3) is 0 Å². The van der Waals surface area contributed by atoms with Crippen molar-refractivity contribution in [3.8, 4) is 5.75 Å². The van der Waals surface area contributed by atoms with Gasteiger partial charge in [-0.1, -0.05) is 35.0 Å². The number of hydrogen-bond acceptors (Lipinski definition) is 5. The Bertz CT molecular complexity index is 766.